The van der Waals surface area contributed by atoms with Crippen molar-refractivity contribution in [3.05, 3.63) is 23.8 Å². The number of rotatable bonds is 4. The summed E-state index contributed by atoms with van der Waals surface area (Å²) in [4.78, 5) is 24.4. The summed E-state index contributed by atoms with van der Waals surface area (Å²) in [6.07, 6.45) is 1.91. The topological polar surface area (TPSA) is 79.5 Å². The first-order valence-electron chi connectivity index (χ1n) is 9.13. The van der Waals surface area contributed by atoms with Gasteiger partial charge < -0.3 is 20.7 Å². The van der Waals surface area contributed by atoms with E-state index in [1.54, 1.807) is 0 Å². The summed E-state index contributed by atoms with van der Waals surface area (Å²) >= 11 is 0. The first-order valence-corrected chi connectivity index (χ1v) is 9.13. The first-order chi connectivity index (χ1) is 12.0. The van der Waals surface area contributed by atoms with Gasteiger partial charge in [-0.3, -0.25) is 9.59 Å². The van der Waals surface area contributed by atoms with Crippen LogP contribution in [0.4, 0.5) is 5.69 Å². The number of carbonyl (C=O) groups is 2. The van der Waals surface area contributed by atoms with E-state index in [0.717, 1.165) is 24.9 Å². The number of nitrogens with one attached hydrogen (secondary N) is 3. The molecule has 0 radical (unpaired) electrons. The molecule has 4 atom stereocenters. The van der Waals surface area contributed by atoms with E-state index in [-0.39, 0.29) is 23.8 Å². The third kappa shape index (κ3) is 3.95. The Bertz CT molecular complexity index is 661. The SMILES string of the molecule is CCC1Oc2cc(C(C)NC(=O)[C@H]3CCN[C@@H](C)C3)ccc2NC1=O. The van der Waals surface area contributed by atoms with E-state index in [1.165, 1.54) is 0 Å². The predicted octanol–water partition coefficient (Wildman–Crippen LogP) is 2.36. The lowest BCUT2D eigenvalue weighted by Gasteiger charge is -2.29. The van der Waals surface area contributed by atoms with Crippen LogP contribution in [0.2, 0.25) is 0 Å². The number of hydrogen-bond donors (Lipinski definition) is 3. The minimum absolute atomic E-state index is 0.0661. The van der Waals surface area contributed by atoms with Crippen LogP contribution in [0.25, 0.3) is 0 Å². The molecule has 0 aromatic heterocycles. The second-order valence-electron chi connectivity index (χ2n) is 7.07. The summed E-state index contributed by atoms with van der Waals surface area (Å²) in [6, 6.07) is 5.94. The Morgan fingerprint density at radius 2 is 2.24 bits per heavy atom. The summed E-state index contributed by atoms with van der Waals surface area (Å²) in [5.74, 6) is 0.736. The lowest BCUT2D eigenvalue weighted by Crippen LogP contribution is -2.43. The third-order valence-electron chi connectivity index (χ3n) is 5.05. The number of fused-ring (bicyclic) bond motifs is 1. The number of piperidine rings is 1. The fourth-order valence-corrected chi connectivity index (χ4v) is 3.48. The Labute approximate surface area is 148 Å². The molecule has 3 N–H and O–H groups in total. The molecule has 2 heterocycles. The van der Waals surface area contributed by atoms with Gasteiger partial charge in [-0.05, 0) is 57.4 Å². The molecule has 1 aromatic carbocycles. The molecule has 0 saturated carbocycles. The fraction of sp³-hybridized carbons (Fsp3) is 0.579. The normalized spacial score (nSPS) is 26.8. The molecule has 6 nitrogen and oxygen atoms in total. The van der Waals surface area contributed by atoms with Gasteiger partial charge in [0.2, 0.25) is 5.91 Å². The van der Waals surface area contributed by atoms with Gasteiger partial charge >= 0.3 is 0 Å². The molecule has 0 bridgehead atoms. The molecule has 3 rings (SSSR count). The summed E-state index contributed by atoms with van der Waals surface area (Å²) in [6.45, 7) is 6.89. The monoisotopic (exact) mass is 345 g/mol. The average molecular weight is 345 g/mol. The number of benzene rings is 1. The third-order valence-corrected chi connectivity index (χ3v) is 5.05. The molecule has 0 aliphatic carbocycles. The van der Waals surface area contributed by atoms with Crippen molar-refractivity contribution in [1.29, 1.82) is 0 Å². The minimum Gasteiger partial charge on any atom is -0.478 e. The van der Waals surface area contributed by atoms with Gasteiger partial charge in [-0.15, -0.1) is 0 Å². The molecule has 1 saturated heterocycles. The van der Waals surface area contributed by atoms with Crippen LogP contribution < -0.4 is 20.7 Å². The Hall–Kier alpha value is -2.08. The van der Waals surface area contributed by atoms with E-state index < -0.39 is 6.10 Å². The van der Waals surface area contributed by atoms with Gasteiger partial charge in [-0.25, -0.2) is 0 Å². The lowest BCUT2D eigenvalue weighted by atomic mass is 9.92. The van der Waals surface area contributed by atoms with Crippen LogP contribution in [-0.4, -0.2) is 30.5 Å². The van der Waals surface area contributed by atoms with Crippen molar-refractivity contribution in [3.63, 3.8) is 0 Å². The van der Waals surface area contributed by atoms with Crippen LogP contribution >= 0.6 is 0 Å². The van der Waals surface area contributed by atoms with Gasteiger partial charge in [0.05, 0.1) is 11.7 Å². The van der Waals surface area contributed by atoms with Crippen LogP contribution in [-0.2, 0) is 9.59 Å². The molecule has 136 valence electrons. The molecule has 0 spiro atoms. The van der Waals surface area contributed by atoms with Crippen LogP contribution in [0.3, 0.4) is 0 Å². The Morgan fingerprint density at radius 3 is 2.96 bits per heavy atom. The molecule has 1 fully saturated rings. The summed E-state index contributed by atoms with van der Waals surface area (Å²) in [5.41, 5.74) is 1.66. The van der Waals surface area contributed by atoms with E-state index in [1.807, 2.05) is 32.0 Å². The molecule has 6 heteroatoms. The van der Waals surface area contributed by atoms with Crippen molar-refractivity contribution in [2.45, 2.75) is 58.2 Å². The molecule has 1 aromatic rings. The molecule has 2 aliphatic rings. The summed E-state index contributed by atoms with van der Waals surface area (Å²) in [5, 5.41) is 9.35. The highest BCUT2D eigenvalue weighted by atomic mass is 16.5. The maximum Gasteiger partial charge on any atom is 0.265 e. The van der Waals surface area contributed by atoms with Crippen molar-refractivity contribution in [1.82, 2.24) is 10.6 Å². The van der Waals surface area contributed by atoms with Crippen LogP contribution in [0.1, 0.15) is 51.6 Å². The van der Waals surface area contributed by atoms with Crippen molar-refractivity contribution < 1.29 is 14.3 Å². The number of hydrogen-bond acceptors (Lipinski definition) is 4. The van der Waals surface area contributed by atoms with Gasteiger partial charge in [0, 0.05) is 12.0 Å². The van der Waals surface area contributed by atoms with E-state index in [4.69, 9.17) is 4.74 Å². The Kier molecular flexibility index (Phi) is 5.27. The highest BCUT2D eigenvalue weighted by Gasteiger charge is 2.28. The van der Waals surface area contributed by atoms with Gasteiger partial charge in [0.15, 0.2) is 6.10 Å². The first kappa shape index (κ1) is 17.7. The zero-order valence-electron chi connectivity index (χ0n) is 15.1. The number of ether oxygens (including phenoxy) is 1. The fourth-order valence-electron chi connectivity index (χ4n) is 3.48. The van der Waals surface area contributed by atoms with E-state index in [0.29, 0.717) is 23.9 Å². The smallest absolute Gasteiger partial charge is 0.265 e. The molecule has 2 amide bonds. The largest absolute Gasteiger partial charge is 0.478 e. The summed E-state index contributed by atoms with van der Waals surface area (Å²) < 4.78 is 5.79. The standard InChI is InChI=1S/C19H27N3O3/c1-4-16-19(24)22-15-6-5-13(10-17(15)25-16)12(3)21-18(23)14-7-8-20-11(2)9-14/h5-6,10-12,14,16,20H,4,7-9H2,1-3H3,(H,21,23)(H,22,24)/t11-,12?,14-,16?/m0/s1. The lowest BCUT2D eigenvalue weighted by molar-refractivity contribution is -0.126. The Balaban J connectivity index is 1.67. The molecule has 25 heavy (non-hydrogen) atoms. The number of carbonyl (C=O) groups excluding carboxylic acids is 2. The van der Waals surface area contributed by atoms with Gasteiger partial charge in [0.25, 0.3) is 5.91 Å². The van der Waals surface area contributed by atoms with Crippen molar-refractivity contribution in [2.24, 2.45) is 5.92 Å². The molecular weight excluding hydrogens is 318 g/mol. The quantitative estimate of drug-likeness (QED) is 0.783. The van der Waals surface area contributed by atoms with Gasteiger partial charge in [-0.2, -0.15) is 0 Å². The second kappa shape index (κ2) is 7.44. The maximum absolute atomic E-state index is 12.5. The van der Waals surface area contributed by atoms with Crippen LogP contribution in [0.15, 0.2) is 18.2 Å². The van der Waals surface area contributed by atoms with E-state index in [9.17, 15) is 9.59 Å². The van der Waals surface area contributed by atoms with Gasteiger partial charge in [-0.1, -0.05) is 13.0 Å². The van der Waals surface area contributed by atoms with Crippen LogP contribution in [0.5, 0.6) is 5.75 Å². The maximum atomic E-state index is 12.5. The summed E-state index contributed by atoms with van der Waals surface area (Å²) in [7, 11) is 0. The predicted molar refractivity (Wildman–Crippen MR) is 96.5 cm³/mol. The highest BCUT2D eigenvalue weighted by molar-refractivity contribution is 5.97. The van der Waals surface area contributed by atoms with Crippen molar-refractivity contribution in [3.8, 4) is 5.75 Å². The molecule has 2 aliphatic heterocycles. The Morgan fingerprint density at radius 1 is 1.44 bits per heavy atom. The highest BCUT2D eigenvalue weighted by Crippen LogP contribution is 2.33. The number of anilines is 1. The number of amides is 2. The van der Waals surface area contributed by atoms with E-state index >= 15 is 0 Å². The minimum atomic E-state index is -0.455. The second-order valence-corrected chi connectivity index (χ2v) is 7.07. The van der Waals surface area contributed by atoms with Crippen molar-refractivity contribution in [2.75, 3.05) is 11.9 Å². The average Bonchev–Trinajstić information content (AvgIpc) is 2.60. The molecular formula is C19H27N3O3. The molecule has 2 unspecified atom stereocenters. The van der Waals surface area contributed by atoms with Crippen molar-refractivity contribution >= 4 is 17.5 Å². The zero-order chi connectivity index (χ0) is 18.0. The van der Waals surface area contributed by atoms with Crippen LogP contribution in [0, 0.1) is 5.92 Å². The zero-order valence-corrected chi connectivity index (χ0v) is 15.1. The van der Waals surface area contributed by atoms with E-state index in [2.05, 4.69) is 22.9 Å². The van der Waals surface area contributed by atoms with Gasteiger partial charge in [0.1, 0.15) is 5.75 Å².